The zero-order valence-corrected chi connectivity index (χ0v) is 14.7. The van der Waals surface area contributed by atoms with Crippen molar-refractivity contribution in [2.24, 2.45) is 0 Å². The van der Waals surface area contributed by atoms with E-state index in [4.69, 9.17) is 17.3 Å². The Kier molecular flexibility index (Phi) is 4.95. The quantitative estimate of drug-likeness (QED) is 0.855. The molecule has 2 aromatic carbocycles. The number of hydrogen-bond donors (Lipinski definition) is 1. The Hall–Kier alpha value is -2.53. The summed E-state index contributed by atoms with van der Waals surface area (Å²) in [6.07, 6.45) is 0.834. The van der Waals surface area contributed by atoms with E-state index in [0.717, 1.165) is 5.56 Å². The minimum atomic E-state index is -0.461. The fourth-order valence-corrected chi connectivity index (χ4v) is 3.28. The summed E-state index contributed by atoms with van der Waals surface area (Å²) in [5.41, 5.74) is 7.88. The molecule has 5 nitrogen and oxygen atoms in total. The summed E-state index contributed by atoms with van der Waals surface area (Å²) in [6, 6.07) is 14.0. The smallest absolute Gasteiger partial charge is 0.249 e. The summed E-state index contributed by atoms with van der Waals surface area (Å²) in [4.78, 5) is 28.5. The summed E-state index contributed by atoms with van der Waals surface area (Å²) in [5.74, 6) is -0.189. The molecule has 1 heterocycles. The largest absolute Gasteiger partial charge is 0.399 e. The minimum Gasteiger partial charge on any atom is -0.399 e. The van der Waals surface area contributed by atoms with Crippen LogP contribution >= 0.6 is 11.6 Å². The highest BCUT2D eigenvalue weighted by atomic mass is 35.5. The Morgan fingerprint density at radius 1 is 1.24 bits per heavy atom. The van der Waals surface area contributed by atoms with E-state index in [1.807, 2.05) is 30.3 Å². The van der Waals surface area contributed by atoms with E-state index in [1.165, 1.54) is 4.90 Å². The van der Waals surface area contributed by atoms with Gasteiger partial charge in [-0.25, -0.2) is 0 Å². The van der Waals surface area contributed by atoms with E-state index < -0.39 is 6.04 Å². The van der Waals surface area contributed by atoms with Gasteiger partial charge in [-0.05, 0) is 36.2 Å². The number of nitrogens with zero attached hydrogens (tertiary/aromatic N) is 2. The van der Waals surface area contributed by atoms with E-state index in [-0.39, 0.29) is 18.2 Å². The standard InChI is InChI=1S/C19H20ClN3O2/c1-22(18(24)12-13-6-8-14(21)9-7-13)17-10-11-23(19(17)25)16-5-3-2-4-15(16)20/h2-9,17H,10-12,21H2,1H3. The molecule has 1 atom stereocenters. The maximum absolute atomic E-state index is 12.8. The summed E-state index contributed by atoms with van der Waals surface area (Å²) in [7, 11) is 1.68. The molecule has 1 aliphatic heterocycles. The van der Waals surface area contributed by atoms with Crippen LogP contribution in [0.2, 0.25) is 5.02 Å². The Morgan fingerprint density at radius 2 is 1.92 bits per heavy atom. The minimum absolute atomic E-state index is 0.0934. The topological polar surface area (TPSA) is 66.6 Å². The summed E-state index contributed by atoms with van der Waals surface area (Å²) >= 11 is 6.19. The number of likely N-dealkylation sites (N-methyl/N-ethyl adjacent to an activating group) is 1. The van der Waals surface area contributed by atoms with Crippen molar-refractivity contribution in [3.63, 3.8) is 0 Å². The lowest BCUT2D eigenvalue weighted by atomic mass is 10.1. The number of benzene rings is 2. The van der Waals surface area contributed by atoms with Crippen molar-refractivity contribution in [2.45, 2.75) is 18.9 Å². The van der Waals surface area contributed by atoms with Crippen LogP contribution < -0.4 is 10.6 Å². The number of amides is 2. The fourth-order valence-electron chi connectivity index (χ4n) is 3.04. The molecule has 0 bridgehead atoms. The lowest BCUT2D eigenvalue weighted by molar-refractivity contribution is -0.136. The van der Waals surface area contributed by atoms with Gasteiger partial charge in [0.15, 0.2) is 0 Å². The first-order valence-corrected chi connectivity index (χ1v) is 8.51. The third-order valence-electron chi connectivity index (χ3n) is 4.52. The van der Waals surface area contributed by atoms with E-state index in [1.54, 1.807) is 30.1 Å². The molecule has 25 heavy (non-hydrogen) atoms. The molecule has 0 aliphatic carbocycles. The molecule has 1 unspecified atom stereocenters. The van der Waals surface area contributed by atoms with Crippen molar-refractivity contribution in [3.05, 3.63) is 59.1 Å². The van der Waals surface area contributed by atoms with Crippen LogP contribution in [0.15, 0.2) is 48.5 Å². The number of anilines is 2. The molecule has 0 saturated carbocycles. The van der Waals surface area contributed by atoms with Gasteiger partial charge in [-0.1, -0.05) is 35.9 Å². The van der Waals surface area contributed by atoms with Crippen molar-refractivity contribution in [1.29, 1.82) is 0 Å². The maximum Gasteiger partial charge on any atom is 0.249 e. The highest BCUT2D eigenvalue weighted by Gasteiger charge is 2.37. The second-order valence-corrected chi connectivity index (χ2v) is 6.58. The highest BCUT2D eigenvalue weighted by Crippen LogP contribution is 2.30. The number of rotatable bonds is 4. The van der Waals surface area contributed by atoms with Gasteiger partial charge in [-0.2, -0.15) is 0 Å². The summed E-state index contributed by atoms with van der Waals surface area (Å²) in [6.45, 7) is 0.548. The third kappa shape index (κ3) is 3.61. The monoisotopic (exact) mass is 357 g/mol. The van der Waals surface area contributed by atoms with Gasteiger partial charge in [0, 0.05) is 19.3 Å². The predicted molar refractivity (Wildman–Crippen MR) is 99.5 cm³/mol. The summed E-state index contributed by atoms with van der Waals surface area (Å²) in [5, 5.41) is 0.535. The van der Waals surface area contributed by atoms with Crippen molar-refractivity contribution >= 4 is 34.8 Å². The van der Waals surface area contributed by atoms with Crippen LogP contribution in [0, 0.1) is 0 Å². The number of carbonyl (C=O) groups is 2. The number of nitrogens with two attached hydrogens (primary N) is 1. The molecular formula is C19H20ClN3O2. The molecule has 1 fully saturated rings. The second kappa shape index (κ2) is 7.15. The van der Waals surface area contributed by atoms with Crippen molar-refractivity contribution in [3.8, 4) is 0 Å². The van der Waals surface area contributed by atoms with E-state index in [2.05, 4.69) is 0 Å². The fraction of sp³-hybridized carbons (Fsp3) is 0.263. The first kappa shape index (κ1) is 17.3. The third-order valence-corrected chi connectivity index (χ3v) is 4.84. The Morgan fingerprint density at radius 3 is 2.60 bits per heavy atom. The number of nitrogen functional groups attached to an aromatic ring is 1. The molecule has 1 aliphatic rings. The lowest BCUT2D eigenvalue weighted by Crippen LogP contribution is -2.43. The van der Waals surface area contributed by atoms with Crippen LogP contribution in [0.3, 0.4) is 0 Å². The molecule has 1 saturated heterocycles. The molecule has 0 radical (unpaired) electrons. The average Bonchev–Trinajstić information content (AvgIpc) is 2.98. The Bertz CT molecular complexity index is 792. The molecule has 2 aromatic rings. The van der Waals surface area contributed by atoms with Crippen molar-refractivity contribution < 1.29 is 9.59 Å². The van der Waals surface area contributed by atoms with E-state index in [9.17, 15) is 9.59 Å². The van der Waals surface area contributed by atoms with Gasteiger partial charge in [0.05, 0.1) is 17.1 Å². The average molecular weight is 358 g/mol. The van der Waals surface area contributed by atoms with Gasteiger partial charge in [0.2, 0.25) is 11.8 Å². The van der Waals surface area contributed by atoms with Crippen LogP contribution in [-0.2, 0) is 16.0 Å². The van der Waals surface area contributed by atoms with Crippen LogP contribution in [0.1, 0.15) is 12.0 Å². The van der Waals surface area contributed by atoms with Crippen molar-refractivity contribution in [2.75, 3.05) is 24.2 Å². The number of carbonyl (C=O) groups excluding carboxylic acids is 2. The zero-order chi connectivity index (χ0) is 18.0. The van der Waals surface area contributed by atoms with Gasteiger partial charge in [-0.15, -0.1) is 0 Å². The molecule has 2 N–H and O–H groups in total. The van der Waals surface area contributed by atoms with E-state index >= 15 is 0 Å². The van der Waals surface area contributed by atoms with Crippen LogP contribution in [0.5, 0.6) is 0 Å². The molecule has 6 heteroatoms. The Balaban J connectivity index is 1.69. The molecule has 3 rings (SSSR count). The lowest BCUT2D eigenvalue weighted by Gasteiger charge is -2.24. The predicted octanol–water partition coefficient (Wildman–Crippen LogP) is 2.73. The molecule has 0 aromatic heterocycles. The van der Waals surface area contributed by atoms with Gasteiger partial charge < -0.3 is 15.5 Å². The van der Waals surface area contributed by atoms with Crippen LogP contribution in [0.4, 0.5) is 11.4 Å². The maximum atomic E-state index is 12.8. The number of halogens is 1. The normalized spacial score (nSPS) is 17.0. The van der Waals surface area contributed by atoms with Crippen molar-refractivity contribution in [1.82, 2.24) is 4.90 Å². The van der Waals surface area contributed by atoms with Crippen LogP contribution in [0.25, 0.3) is 0 Å². The highest BCUT2D eigenvalue weighted by molar-refractivity contribution is 6.34. The van der Waals surface area contributed by atoms with Crippen LogP contribution in [-0.4, -0.2) is 36.3 Å². The van der Waals surface area contributed by atoms with E-state index in [0.29, 0.717) is 29.4 Å². The zero-order valence-electron chi connectivity index (χ0n) is 14.0. The van der Waals surface area contributed by atoms with Gasteiger partial charge in [0.25, 0.3) is 0 Å². The number of para-hydroxylation sites is 1. The first-order chi connectivity index (χ1) is 12.0. The molecule has 2 amide bonds. The number of hydrogen-bond acceptors (Lipinski definition) is 3. The van der Waals surface area contributed by atoms with Gasteiger partial charge >= 0.3 is 0 Å². The molecular weight excluding hydrogens is 338 g/mol. The summed E-state index contributed by atoms with van der Waals surface area (Å²) < 4.78 is 0. The van der Waals surface area contributed by atoms with Gasteiger partial charge in [-0.3, -0.25) is 9.59 Å². The SMILES string of the molecule is CN(C(=O)Cc1ccc(N)cc1)C1CCN(c2ccccc2Cl)C1=O. The first-order valence-electron chi connectivity index (χ1n) is 8.13. The molecule has 130 valence electrons. The second-order valence-electron chi connectivity index (χ2n) is 6.17. The Labute approximate surface area is 152 Å². The van der Waals surface area contributed by atoms with Gasteiger partial charge in [0.1, 0.15) is 6.04 Å². The molecule has 0 spiro atoms.